The van der Waals surface area contributed by atoms with E-state index >= 15 is 0 Å². The van der Waals surface area contributed by atoms with E-state index in [-0.39, 0.29) is 0 Å². The van der Waals surface area contributed by atoms with E-state index in [9.17, 15) is 5.11 Å². The van der Waals surface area contributed by atoms with Crippen LogP contribution in [0, 0.1) is 0 Å². The molecule has 1 unspecified atom stereocenters. The summed E-state index contributed by atoms with van der Waals surface area (Å²) < 4.78 is 0. The molecular formula is C20H23N5O. The summed E-state index contributed by atoms with van der Waals surface area (Å²) in [5, 5.41) is 17.8. The van der Waals surface area contributed by atoms with Crippen LogP contribution in [0.3, 0.4) is 0 Å². The quantitative estimate of drug-likeness (QED) is 0.669. The highest BCUT2D eigenvalue weighted by Gasteiger charge is 2.19. The number of rotatable bonds is 4. The van der Waals surface area contributed by atoms with E-state index in [1.165, 1.54) is 5.56 Å². The van der Waals surface area contributed by atoms with Crippen LogP contribution in [0.5, 0.6) is 0 Å². The Labute approximate surface area is 152 Å². The van der Waals surface area contributed by atoms with Crippen molar-refractivity contribution < 1.29 is 5.11 Å². The lowest BCUT2D eigenvalue weighted by Gasteiger charge is -2.23. The van der Waals surface area contributed by atoms with Gasteiger partial charge in [-0.1, -0.05) is 42.5 Å². The highest BCUT2D eigenvalue weighted by atomic mass is 16.3. The van der Waals surface area contributed by atoms with Crippen LogP contribution in [0.4, 0.5) is 11.8 Å². The number of hydrogen-bond acceptors (Lipinski definition) is 6. The van der Waals surface area contributed by atoms with E-state index in [2.05, 4.69) is 22.8 Å². The topological polar surface area (TPSA) is 73.3 Å². The number of benzene rings is 2. The number of fused-ring (bicyclic) bond motifs is 1. The molecule has 26 heavy (non-hydrogen) atoms. The molecule has 1 aromatic heterocycles. The van der Waals surface area contributed by atoms with Gasteiger partial charge >= 0.3 is 0 Å². The van der Waals surface area contributed by atoms with Crippen LogP contribution in [-0.2, 0) is 6.54 Å². The summed E-state index contributed by atoms with van der Waals surface area (Å²) in [4.78, 5) is 11.6. The van der Waals surface area contributed by atoms with Gasteiger partial charge in [0.1, 0.15) is 5.82 Å². The zero-order chi connectivity index (χ0) is 17.8. The second-order valence-corrected chi connectivity index (χ2v) is 6.53. The molecule has 1 aliphatic rings. The zero-order valence-electron chi connectivity index (χ0n) is 14.6. The van der Waals surface area contributed by atoms with Crippen LogP contribution < -0.4 is 15.5 Å². The third-order valence-electron chi connectivity index (χ3n) is 4.55. The van der Waals surface area contributed by atoms with Crippen LogP contribution in [0.15, 0.2) is 54.6 Å². The van der Waals surface area contributed by atoms with E-state index < -0.39 is 6.10 Å². The molecule has 4 rings (SSSR count). The van der Waals surface area contributed by atoms with Gasteiger partial charge in [0.25, 0.3) is 0 Å². The molecule has 1 aliphatic heterocycles. The van der Waals surface area contributed by atoms with Gasteiger partial charge in [0.15, 0.2) is 0 Å². The summed E-state index contributed by atoms with van der Waals surface area (Å²) in [6.45, 7) is 3.41. The Balaban J connectivity index is 1.66. The maximum Gasteiger partial charge on any atom is 0.228 e. The van der Waals surface area contributed by atoms with Gasteiger partial charge in [0, 0.05) is 38.1 Å². The van der Waals surface area contributed by atoms with Crippen molar-refractivity contribution in [3.05, 3.63) is 60.2 Å². The van der Waals surface area contributed by atoms with Crippen molar-refractivity contribution in [1.29, 1.82) is 0 Å². The molecule has 0 spiro atoms. The van der Waals surface area contributed by atoms with Crippen molar-refractivity contribution in [2.45, 2.75) is 12.6 Å². The normalized spacial score (nSPS) is 17.9. The van der Waals surface area contributed by atoms with Crippen molar-refractivity contribution in [2.75, 3.05) is 36.4 Å². The van der Waals surface area contributed by atoms with E-state index in [0.717, 1.165) is 29.8 Å². The molecule has 2 heterocycles. The van der Waals surface area contributed by atoms with Gasteiger partial charge in [-0.3, -0.25) is 0 Å². The van der Waals surface area contributed by atoms with Crippen molar-refractivity contribution in [2.24, 2.45) is 0 Å². The third kappa shape index (κ3) is 3.76. The summed E-state index contributed by atoms with van der Waals surface area (Å²) in [5.41, 5.74) is 2.10. The number of aliphatic hydroxyl groups is 1. The molecule has 0 saturated carbocycles. The van der Waals surface area contributed by atoms with Gasteiger partial charge in [-0.25, -0.2) is 4.98 Å². The van der Waals surface area contributed by atoms with Crippen LogP contribution in [0.25, 0.3) is 10.9 Å². The summed E-state index contributed by atoms with van der Waals surface area (Å²) in [5.74, 6) is 1.48. The summed E-state index contributed by atoms with van der Waals surface area (Å²) in [7, 11) is 0. The fraction of sp³-hybridized carbons (Fsp3) is 0.300. The first kappa shape index (κ1) is 16.8. The van der Waals surface area contributed by atoms with Crippen molar-refractivity contribution in [3.63, 3.8) is 0 Å². The molecule has 3 N–H and O–H groups in total. The predicted octanol–water partition coefficient (Wildman–Crippen LogP) is 2.01. The second kappa shape index (κ2) is 7.68. The first-order valence-electron chi connectivity index (χ1n) is 8.98. The molecule has 134 valence electrons. The predicted molar refractivity (Wildman–Crippen MR) is 104 cm³/mol. The van der Waals surface area contributed by atoms with E-state index in [1.54, 1.807) is 0 Å². The maximum absolute atomic E-state index is 10.1. The standard InChI is InChI=1S/C20H23N5O/c26-16-13-21-10-11-25(14-16)20-23-18-9-5-4-8-17(18)19(24-20)22-12-15-6-2-1-3-7-15/h1-9,16,21,26H,10-14H2,(H,22,23,24). The minimum absolute atomic E-state index is 0.423. The third-order valence-corrected chi connectivity index (χ3v) is 4.55. The molecular weight excluding hydrogens is 326 g/mol. The van der Waals surface area contributed by atoms with Gasteiger partial charge in [-0.05, 0) is 17.7 Å². The van der Waals surface area contributed by atoms with Crippen molar-refractivity contribution in [3.8, 4) is 0 Å². The Kier molecular flexibility index (Phi) is 4.95. The second-order valence-electron chi connectivity index (χ2n) is 6.53. The monoisotopic (exact) mass is 349 g/mol. The molecule has 0 bridgehead atoms. The molecule has 1 atom stereocenters. The van der Waals surface area contributed by atoms with Gasteiger partial charge in [-0.2, -0.15) is 4.98 Å². The zero-order valence-corrected chi connectivity index (χ0v) is 14.6. The molecule has 3 aromatic rings. The Morgan fingerprint density at radius 3 is 2.77 bits per heavy atom. The van der Waals surface area contributed by atoms with E-state index in [4.69, 9.17) is 9.97 Å². The Morgan fingerprint density at radius 2 is 1.88 bits per heavy atom. The smallest absolute Gasteiger partial charge is 0.228 e. The fourth-order valence-electron chi connectivity index (χ4n) is 3.20. The lowest BCUT2D eigenvalue weighted by Crippen LogP contribution is -2.34. The van der Waals surface area contributed by atoms with Gasteiger partial charge in [0.2, 0.25) is 5.95 Å². The lowest BCUT2D eigenvalue weighted by atomic mass is 10.2. The number of aliphatic hydroxyl groups excluding tert-OH is 1. The molecule has 2 aromatic carbocycles. The van der Waals surface area contributed by atoms with Crippen LogP contribution >= 0.6 is 0 Å². The number of β-amino-alcohol motifs (C(OH)–C–C–N with tert-alkyl or cyclic N) is 1. The molecule has 0 aliphatic carbocycles. The molecule has 0 radical (unpaired) electrons. The Hall–Kier alpha value is -2.70. The molecule has 6 nitrogen and oxygen atoms in total. The van der Waals surface area contributed by atoms with Crippen LogP contribution in [0.1, 0.15) is 5.56 Å². The highest BCUT2D eigenvalue weighted by Crippen LogP contribution is 2.24. The van der Waals surface area contributed by atoms with Gasteiger partial charge in [0.05, 0.1) is 11.6 Å². The van der Waals surface area contributed by atoms with Crippen molar-refractivity contribution >= 4 is 22.7 Å². The average Bonchev–Trinajstić information content (AvgIpc) is 2.91. The van der Waals surface area contributed by atoms with Crippen LogP contribution in [0.2, 0.25) is 0 Å². The molecule has 0 amide bonds. The summed E-state index contributed by atoms with van der Waals surface area (Å²) in [6, 6.07) is 18.3. The Bertz CT molecular complexity index is 870. The SMILES string of the molecule is OC1CNCCN(c2nc(NCc3ccccc3)c3ccccc3n2)C1. The summed E-state index contributed by atoms with van der Waals surface area (Å²) >= 11 is 0. The molecule has 1 fully saturated rings. The first-order valence-corrected chi connectivity index (χ1v) is 8.98. The molecule has 6 heteroatoms. The lowest BCUT2D eigenvalue weighted by molar-refractivity contribution is 0.184. The average molecular weight is 349 g/mol. The number of para-hydroxylation sites is 1. The van der Waals surface area contributed by atoms with E-state index in [1.807, 2.05) is 47.4 Å². The van der Waals surface area contributed by atoms with Gasteiger partial charge < -0.3 is 20.6 Å². The highest BCUT2D eigenvalue weighted by molar-refractivity contribution is 5.90. The Morgan fingerprint density at radius 1 is 1.08 bits per heavy atom. The van der Waals surface area contributed by atoms with E-state index in [0.29, 0.717) is 25.6 Å². The molecule has 1 saturated heterocycles. The number of hydrogen-bond donors (Lipinski definition) is 3. The maximum atomic E-state index is 10.1. The minimum atomic E-state index is -0.423. The number of nitrogens with one attached hydrogen (secondary N) is 2. The summed E-state index contributed by atoms with van der Waals surface area (Å²) in [6.07, 6.45) is -0.423. The fourth-order valence-corrected chi connectivity index (χ4v) is 3.20. The first-order chi connectivity index (χ1) is 12.8. The van der Waals surface area contributed by atoms with Crippen LogP contribution in [-0.4, -0.2) is 47.4 Å². The number of anilines is 2. The van der Waals surface area contributed by atoms with Crippen molar-refractivity contribution in [1.82, 2.24) is 15.3 Å². The number of nitrogens with zero attached hydrogens (tertiary/aromatic N) is 3. The number of aromatic nitrogens is 2. The minimum Gasteiger partial charge on any atom is -0.390 e. The van der Waals surface area contributed by atoms with Gasteiger partial charge in [-0.15, -0.1) is 0 Å². The largest absolute Gasteiger partial charge is 0.390 e.